The van der Waals surface area contributed by atoms with E-state index >= 15 is 0 Å². The van der Waals surface area contributed by atoms with Gasteiger partial charge in [0.15, 0.2) is 0 Å². The maximum absolute atomic E-state index is 5.93. The Kier molecular flexibility index (Phi) is 5.14. The summed E-state index contributed by atoms with van der Waals surface area (Å²) in [5.41, 5.74) is 3.20. The average molecular weight is 412 g/mol. The smallest absolute Gasteiger partial charge is 0.229 e. The molecule has 0 aliphatic carbocycles. The van der Waals surface area contributed by atoms with Gasteiger partial charge in [0, 0.05) is 18.2 Å². The number of rotatable bonds is 6. The minimum absolute atomic E-state index is 0.402. The van der Waals surface area contributed by atoms with Gasteiger partial charge in [-0.05, 0) is 29.8 Å². The molecular formula is C25H25N5O. The van der Waals surface area contributed by atoms with Gasteiger partial charge >= 0.3 is 0 Å². The molecule has 156 valence electrons. The molecule has 6 nitrogen and oxygen atoms in total. The second-order valence-electron chi connectivity index (χ2n) is 7.43. The summed E-state index contributed by atoms with van der Waals surface area (Å²) in [7, 11) is 1.69. The molecule has 1 aromatic heterocycles. The number of hydroxylamine groups is 2. The van der Waals surface area contributed by atoms with Crippen LogP contribution in [0.1, 0.15) is 24.6 Å². The van der Waals surface area contributed by atoms with Crippen molar-refractivity contribution >= 4 is 16.9 Å². The molecule has 1 atom stereocenters. The lowest BCUT2D eigenvalue weighted by Crippen LogP contribution is -2.47. The van der Waals surface area contributed by atoms with Crippen LogP contribution in [0.15, 0.2) is 83.9 Å². The third-order valence-corrected chi connectivity index (χ3v) is 5.56. The molecule has 1 aliphatic heterocycles. The van der Waals surface area contributed by atoms with E-state index in [-0.39, 0.29) is 0 Å². The van der Waals surface area contributed by atoms with Gasteiger partial charge in [-0.2, -0.15) is 5.06 Å². The summed E-state index contributed by atoms with van der Waals surface area (Å²) >= 11 is 0. The van der Waals surface area contributed by atoms with Gasteiger partial charge in [-0.1, -0.05) is 61.5 Å². The Bertz CT molecular complexity index is 1330. The van der Waals surface area contributed by atoms with E-state index in [1.165, 1.54) is 5.56 Å². The minimum atomic E-state index is -0.402. The quantitative estimate of drug-likeness (QED) is 0.530. The highest BCUT2D eigenvalue weighted by Crippen LogP contribution is 2.28. The summed E-state index contributed by atoms with van der Waals surface area (Å²) in [5, 5.41) is 7.38. The normalized spacial score (nSPS) is 15.6. The molecular weight excluding hydrogens is 386 g/mol. The maximum Gasteiger partial charge on any atom is 0.229 e. The maximum atomic E-state index is 5.93. The molecule has 1 N–H and O–H groups in total. The number of nitrogens with zero attached hydrogens (tertiary/aromatic N) is 4. The van der Waals surface area contributed by atoms with Crippen molar-refractivity contribution in [1.29, 1.82) is 0 Å². The molecule has 1 aliphatic rings. The summed E-state index contributed by atoms with van der Waals surface area (Å²) < 4.78 is 2.17. The van der Waals surface area contributed by atoms with Gasteiger partial charge in [-0.3, -0.25) is 9.40 Å². The highest BCUT2D eigenvalue weighted by molar-refractivity contribution is 5.76. The lowest BCUT2D eigenvalue weighted by molar-refractivity contribution is -0.136. The topological polar surface area (TPSA) is 54.7 Å². The minimum Gasteiger partial charge on any atom is -0.365 e. The Labute approximate surface area is 181 Å². The van der Waals surface area contributed by atoms with Crippen LogP contribution in [0.3, 0.4) is 0 Å². The molecule has 31 heavy (non-hydrogen) atoms. The number of imidazole rings is 1. The van der Waals surface area contributed by atoms with Crippen LogP contribution in [-0.2, 0) is 17.8 Å². The van der Waals surface area contributed by atoms with Gasteiger partial charge in [-0.15, -0.1) is 0 Å². The van der Waals surface area contributed by atoms with Crippen molar-refractivity contribution < 1.29 is 4.84 Å². The first-order valence-corrected chi connectivity index (χ1v) is 10.5. The fourth-order valence-corrected chi connectivity index (χ4v) is 4.10. The largest absolute Gasteiger partial charge is 0.365 e. The van der Waals surface area contributed by atoms with E-state index in [2.05, 4.69) is 41.1 Å². The Balaban J connectivity index is 1.66. The zero-order valence-electron chi connectivity index (χ0n) is 17.7. The van der Waals surface area contributed by atoms with Crippen LogP contribution in [0.2, 0.25) is 0 Å². The predicted octanol–water partition coefficient (Wildman–Crippen LogP) is 3.11. The fourth-order valence-electron chi connectivity index (χ4n) is 4.10. The van der Waals surface area contributed by atoms with Crippen molar-refractivity contribution in [2.24, 2.45) is 4.99 Å². The number of aromatic nitrogens is 2. The van der Waals surface area contributed by atoms with Gasteiger partial charge in [0.05, 0.1) is 23.5 Å². The zero-order valence-corrected chi connectivity index (χ0v) is 17.7. The molecule has 5 rings (SSSR count). The molecule has 0 amide bonds. The second-order valence-corrected chi connectivity index (χ2v) is 7.43. The van der Waals surface area contributed by atoms with Crippen molar-refractivity contribution in [3.63, 3.8) is 0 Å². The predicted molar refractivity (Wildman–Crippen MR) is 121 cm³/mol. The molecule has 3 aromatic carbocycles. The van der Waals surface area contributed by atoms with Crippen LogP contribution >= 0.6 is 0 Å². The molecule has 0 saturated heterocycles. The molecule has 0 fully saturated rings. The summed E-state index contributed by atoms with van der Waals surface area (Å²) in [5.74, 6) is 1.86. The van der Waals surface area contributed by atoms with E-state index in [4.69, 9.17) is 14.8 Å². The molecule has 0 radical (unpaired) electrons. The van der Waals surface area contributed by atoms with E-state index < -0.39 is 6.29 Å². The first kappa shape index (κ1) is 19.3. The van der Waals surface area contributed by atoms with E-state index in [9.17, 15) is 0 Å². The number of fused-ring (bicyclic) bond motifs is 2. The molecule has 0 bridgehead atoms. The van der Waals surface area contributed by atoms with Crippen molar-refractivity contribution in [1.82, 2.24) is 19.9 Å². The van der Waals surface area contributed by atoms with Gasteiger partial charge in [0.25, 0.3) is 0 Å². The molecule has 4 aromatic rings. The van der Waals surface area contributed by atoms with Crippen molar-refractivity contribution in [3.8, 4) is 0 Å². The SMILES string of the molecule is CCc1nc2ccccc2n1C1N=c2ccccc2=C(NCc2ccccc2)N1OC. The highest BCUT2D eigenvalue weighted by Gasteiger charge is 2.29. The van der Waals surface area contributed by atoms with Crippen molar-refractivity contribution in [2.45, 2.75) is 26.2 Å². The Morgan fingerprint density at radius 3 is 2.48 bits per heavy atom. The number of hydrogen-bond acceptors (Lipinski definition) is 5. The van der Waals surface area contributed by atoms with Crippen LogP contribution in [0.5, 0.6) is 0 Å². The highest BCUT2D eigenvalue weighted by atomic mass is 16.7. The molecule has 0 spiro atoms. The third kappa shape index (κ3) is 3.45. The summed E-state index contributed by atoms with van der Waals surface area (Å²) in [4.78, 5) is 15.8. The van der Waals surface area contributed by atoms with Crippen LogP contribution < -0.4 is 15.9 Å². The fraction of sp³-hybridized carbons (Fsp3) is 0.200. The van der Waals surface area contributed by atoms with Gasteiger partial charge in [-0.25, -0.2) is 9.98 Å². The Morgan fingerprint density at radius 1 is 0.935 bits per heavy atom. The number of aryl methyl sites for hydroxylation is 1. The monoisotopic (exact) mass is 411 g/mol. The summed E-state index contributed by atoms with van der Waals surface area (Å²) in [6, 6.07) is 26.7. The van der Waals surface area contributed by atoms with Gasteiger partial charge < -0.3 is 5.32 Å². The van der Waals surface area contributed by atoms with Crippen molar-refractivity contribution in [2.75, 3.05) is 7.11 Å². The molecule has 2 heterocycles. The Hall–Kier alpha value is -3.64. The number of hydrogen-bond donors (Lipinski definition) is 1. The van der Waals surface area contributed by atoms with Crippen LogP contribution in [-0.4, -0.2) is 21.7 Å². The third-order valence-electron chi connectivity index (χ3n) is 5.56. The van der Waals surface area contributed by atoms with Gasteiger partial charge in [0.2, 0.25) is 6.29 Å². The summed E-state index contributed by atoms with van der Waals surface area (Å²) in [6.45, 7) is 2.80. The average Bonchev–Trinajstić information content (AvgIpc) is 3.21. The first-order valence-electron chi connectivity index (χ1n) is 10.5. The number of para-hydroxylation sites is 3. The van der Waals surface area contributed by atoms with E-state index in [1.54, 1.807) is 7.11 Å². The lowest BCUT2D eigenvalue weighted by Gasteiger charge is -2.34. The second kappa shape index (κ2) is 8.24. The summed E-state index contributed by atoms with van der Waals surface area (Å²) in [6.07, 6.45) is 0.396. The Morgan fingerprint density at radius 2 is 1.68 bits per heavy atom. The van der Waals surface area contributed by atoms with Crippen molar-refractivity contribution in [3.05, 3.63) is 101 Å². The van der Waals surface area contributed by atoms with E-state index in [1.807, 2.05) is 59.7 Å². The first-order chi connectivity index (χ1) is 15.3. The van der Waals surface area contributed by atoms with Crippen LogP contribution in [0, 0.1) is 0 Å². The van der Waals surface area contributed by atoms with Crippen LogP contribution in [0.25, 0.3) is 16.9 Å². The lowest BCUT2D eigenvalue weighted by atomic mass is 10.2. The van der Waals surface area contributed by atoms with E-state index in [0.29, 0.717) is 6.54 Å². The molecule has 6 heteroatoms. The zero-order chi connectivity index (χ0) is 21.2. The molecule has 1 unspecified atom stereocenters. The number of nitrogens with one attached hydrogen (secondary N) is 1. The van der Waals surface area contributed by atoms with E-state index in [0.717, 1.165) is 39.7 Å². The van der Waals surface area contributed by atoms with Gasteiger partial charge in [0.1, 0.15) is 11.6 Å². The number of benzene rings is 3. The molecule has 0 saturated carbocycles. The van der Waals surface area contributed by atoms with Crippen LogP contribution in [0.4, 0.5) is 0 Å². The standard InChI is InChI=1S/C25H25N5O/c1-3-23-27-21-15-9-10-16-22(21)29(23)25-28-20-14-8-7-13-19(20)24(30(25)31-2)26-17-18-11-5-4-6-12-18/h4-16,25-26H,3,17H2,1-2H3.